The van der Waals surface area contributed by atoms with Gasteiger partial charge >= 0.3 is 0 Å². The van der Waals surface area contributed by atoms with E-state index < -0.39 is 0 Å². The van der Waals surface area contributed by atoms with Crippen LogP contribution in [0.5, 0.6) is 0 Å². The summed E-state index contributed by atoms with van der Waals surface area (Å²) in [5.41, 5.74) is 2.27. The zero-order valence-corrected chi connectivity index (χ0v) is 15.6. The number of pyridine rings is 2. The van der Waals surface area contributed by atoms with Gasteiger partial charge in [-0.15, -0.1) is 0 Å². The van der Waals surface area contributed by atoms with E-state index in [1.165, 1.54) is 0 Å². The van der Waals surface area contributed by atoms with E-state index in [9.17, 15) is 0 Å². The van der Waals surface area contributed by atoms with E-state index in [4.69, 9.17) is 0 Å². The van der Waals surface area contributed by atoms with Crippen LogP contribution in [0.25, 0.3) is 0 Å². The Morgan fingerprint density at radius 3 is 1.80 bits per heavy atom. The SMILES string of the molecule is CCCN(CCN(CCNC)Cc1ccccn1)Cc1ccccn1. The van der Waals surface area contributed by atoms with Crippen LogP contribution in [0.15, 0.2) is 48.8 Å². The Morgan fingerprint density at radius 2 is 1.36 bits per heavy atom. The highest BCUT2D eigenvalue weighted by Crippen LogP contribution is 2.05. The van der Waals surface area contributed by atoms with Gasteiger partial charge in [0.15, 0.2) is 0 Å². The van der Waals surface area contributed by atoms with Gasteiger partial charge in [0, 0.05) is 51.7 Å². The second kappa shape index (κ2) is 11.7. The highest BCUT2D eigenvalue weighted by Gasteiger charge is 2.11. The Hall–Kier alpha value is -1.82. The highest BCUT2D eigenvalue weighted by atomic mass is 15.2. The predicted molar refractivity (Wildman–Crippen MR) is 103 cm³/mol. The molecule has 0 atom stereocenters. The Bertz CT molecular complexity index is 561. The van der Waals surface area contributed by atoms with Crippen molar-refractivity contribution in [2.75, 3.05) is 39.8 Å². The number of hydrogen-bond donors (Lipinski definition) is 1. The van der Waals surface area contributed by atoms with Crippen LogP contribution in [0.3, 0.4) is 0 Å². The summed E-state index contributed by atoms with van der Waals surface area (Å²) in [6, 6.07) is 12.3. The van der Waals surface area contributed by atoms with Crippen molar-refractivity contribution in [1.29, 1.82) is 0 Å². The second-order valence-corrected chi connectivity index (χ2v) is 6.30. The molecule has 0 amide bonds. The minimum atomic E-state index is 0.895. The van der Waals surface area contributed by atoms with Crippen molar-refractivity contribution in [3.63, 3.8) is 0 Å². The third-order valence-electron chi connectivity index (χ3n) is 4.17. The summed E-state index contributed by atoms with van der Waals surface area (Å²) in [5.74, 6) is 0. The molecule has 0 fully saturated rings. The summed E-state index contributed by atoms with van der Waals surface area (Å²) >= 11 is 0. The monoisotopic (exact) mass is 341 g/mol. The molecule has 0 spiro atoms. The number of likely N-dealkylation sites (N-methyl/N-ethyl adjacent to an activating group) is 1. The van der Waals surface area contributed by atoms with E-state index in [0.29, 0.717) is 0 Å². The zero-order chi connectivity index (χ0) is 17.7. The highest BCUT2D eigenvalue weighted by molar-refractivity contribution is 5.04. The fourth-order valence-corrected chi connectivity index (χ4v) is 2.85. The van der Waals surface area contributed by atoms with Crippen molar-refractivity contribution < 1.29 is 0 Å². The van der Waals surface area contributed by atoms with Crippen molar-refractivity contribution in [2.24, 2.45) is 0 Å². The van der Waals surface area contributed by atoms with Gasteiger partial charge in [-0.25, -0.2) is 0 Å². The second-order valence-electron chi connectivity index (χ2n) is 6.30. The Kier molecular flexibility index (Phi) is 9.12. The van der Waals surface area contributed by atoms with E-state index in [1.54, 1.807) is 0 Å². The lowest BCUT2D eigenvalue weighted by Gasteiger charge is -2.27. The molecule has 0 aliphatic carbocycles. The smallest absolute Gasteiger partial charge is 0.0543 e. The van der Waals surface area contributed by atoms with Crippen molar-refractivity contribution >= 4 is 0 Å². The normalized spacial score (nSPS) is 11.4. The van der Waals surface area contributed by atoms with Crippen LogP contribution < -0.4 is 5.32 Å². The first kappa shape index (κ1) is 19.5. The Labute approximate surface area is 152 Å². The average molecular weight is 342 g/mol. The largest absolute Gasteiger partial charge is 0.318 e. The molecule has 0 aromatic carbocycles. The lowest BCUT2D eigenvalue weighted by atomic mass is 10.3. The maximum Gasteiger partial charge on any atom is 0.0543 e. The molecule has 25 heavy (non-hydrogen) atoms. The predicted octanol–water partition coefficient (Wildman–Crippen LogP) is 2.41. The first-order valence-electron chi connectivity index (χ1n) is 9.21. The van der Waals surface area contributed by atoms with Gasteiger partial charge in [-0.05, 0) is 44.3 Å². The first-order chi connectivity index (χ1) is 12.3. The molecule has 2 heterocycles. The molecule has 0 radical (unpaired) electrons. The molecule has 0 aliphatic heterocycles. The minimum Gasteiger partial charge on any atom is -0.318 e. The number of aromatic nitrogens is 2. The van der Waals surface area contributed by atoms with Gasteiger partial charge < -0.3 is 5.32 Å². The van der Waals surface area contributed by atoms with Gasteiger partial charge in [-0.2, -0.15) is 0 Å². The minimum absolute atomic E-state index is 0.895. The van der Waals surface area contributed by atoms with Crippen LogP contribution in [0.1, 0.15) is 24.7 Å². The molecule has 5 heteroatoms. The molecular weight excluding hydrogens is 310 g/mol. The molecule has 2 aromatic heterocycles. The van der Waals surface area contributed by atoms with Gasteiger partial charge in [0.25, 0.3) is 0 Å². The number of nitrogens with zero attached hydrogens (tertiary/aromatic N) is 4. The van der Waals surface area contributed by atoms with E-state index in [2.05, 4.69) is 56.3 Å². The molecule has 2 aromatic rings. The van der Waals surface area contributed by atoms with E-state index in [1.807, 2.05) is 31.6 Å². The van der Waals surface area contributed by atoms with Crippen LogP contribution in [0.4, 0.5) is 0 Å². The molecule has 0 unspecified atom stereocenters. The summed E-state index contributed by atoms with van der Waals surface area (Å²) in [5, 5.41) is 3.25. The van der Waals surface area contributed by atoms with Crippen LogP contribution >= 0.6 is 0 Å². The third-order valence-corrected chi connectivity index (χ3v) is 4.17. The lowest BCUT2D eigenvalue weighted by Crippen LogP contribution is -2.38. The van der Waals surface area contributed by atoms with Gasteiger partial charge in [0.1, 0.15) is 0 Å². The molecule has 1 N–H and O–H groups in total. The summed E-state index contributed by atoms with van der Waals surface area (Å²) < 4.78 is 0. The molecule has 0 saturated heterocycles. The average Bonchev–Trinajstić information content (AvgIpc) is 2.65. The van der Waals surface area contributed by atoms with Crippen molar-refractivity contribution in [3.8, 4) is 0 Å². The van der Waals surface area contributed by atoms with E-state index in [-0.39, 0.29) is 0 Å². The van der Waals surface area contributed by atoms with Crippen LogP contribution in [-0.2, 0) is 13.1 Å². The quantitative estimate of drug-likeness (QED) is 0.642. The summed E-state index contributed by atoms with van der Waals surface area (Å²) in [4.78, 5) is 13.9. The zero-order valence-electron chi connectivity index (χ0n) is 15.6. The number of nitrogens with one attached hydrogen (secondary N) is 1. The van der Waals surface area contributed by atoms with Crippen molar-refractivity contribution in [3.05, 3.63) is 60.2 Å². The van der Waals surface area contributed by atoms with Crippen LogP contribution in [0.2, 0.25) is 0 Å². The van der Waals surface area contributed by atoms with Crippen molar-refractivity contribution in [1.82, 2.24) is 25.1 Å². The van der Waals surface area contributed by atoms with Gasteiger partial charge in [0.2, 0.25) is 0 Å². The fourth-order valence-electron chi connectivity index (χ4n) is 2.85. The van der Waals surface area contributed by atoms with Crippen LogP contribution in [0, 0.1) is 0 Å². The molecular formula is C20H31N5. The molecule has 136 valence electrons. The topological polar surface area (TPSA) is 44.3 Å². The lowest BCUT2D eigenvalue weighted by molar-refractivity contribution is 0.191. The maximum absolute atomic E-state index is 4.47. The molecule has 2 rings (SSSR count). The summed E-state index contributed by atoms with van der Waals surface area (Å²) in [6.45, 7) is 9.23. The number of rotatable bonds is 12. The van der Waals surface area contributed by atoms with Gasteiger partial charge in [-0.1, -0.05) is 19.1 Å². The van der Waals surface area contributed by atoms with E-state index >= 15 is 0 Å². The first-order valence-corrected chi connectivity index (χ1v) is 9.21. The third kappa shape index (κ3) is 7.73. The van der Waals surface area contributed by atoms with Crippen LogP contribution in [-0.4, -0.2) is 59.5 Å². The summed E-state index contributed by atoms with van der Waals surface area (Å²) in [7, 11) is 2.00. The molecule has 5 nitrogen and oxygen atoms in total. The Balaban J connectivity index is 1.90. The standard InChI is InChI=1S/C20H31N5/c1-3-13-24(17-19-8-4-6-10-22-19)15-16-25(14-12-21-2)18-20-9-5-7-11-23-20/h4-11,21H,3,12-18H2,1-2H3. The summed E-state index contributed by atoms with van der Waals surface area (Å²) in [6.07, 6.45) is 4.90. The van der Waals surface area contributed by atoms with E-state index in [0.717, 1.165) is 63.6 Å². The van der Waals surface area contributed by atoms with Crippen molar-refractivity contribution in [2.45, 2.75) is 26.4 Å². The molecule has 0 bridgehead atoms. The Morgan fingerprint density at radius 1 is 0.800 bits per heavy atom. The maximum atomic E-state index is 4.47. The fraction of sp³-hybridized carbons (Fsp3) is 0.500. The number of hydrogen-bond acceptors (Lipinski definition) is 5. The van der Waals surface area contributed by atoms with Gasteiger partial charge in [0.05, 0.1) is 11.4 Å². The van der Waals surface area contributed by atoms with Gasteiger partial charge in [-0.3, -0.25) is 19.8 Å². The molecule has 0 saturated carbocycles. The molecule has 0 aliphatic rings.